The molecule has 2 fully saturated rings. The molecule has 1 N–H and O–H groups in total. The zero-order valence-electron chi connectivity index (χ0n) is 10.0. The van der Waals surface area contributed by atoms with Gasteiger partial charge in [-0.2, -0.15) is 0 Å². The van der Waals surface area contributed by atoms with Crippen molar-refractivity contribution in [1.82, 2.24) is 4.90 Å². The summed E-state index contributed by atoms with van der Waals surface area (Å²) in [5.41, 5.74) is 0.690. The highest BCUT2D eigenvalue weighted by molar-refractivity contribution is 4.95. The molecule has 0 amide bonds. The van der Waals surface area contributed by atoms with Crippen LogP contribution in [0.15, 0.2) is 0 Å². The summed E-state index contributed by atoms with van der Waals surface area (Å²) >= 11 is 0. The maximum atomic E-state index is 9.24. The molecular formula is C13H25NO. The van der Waals surface area contributed by atoms with Gasteiger partial charge in [-0.15, -0.1) is 0 Å². The Labute approximate surface area is 93.7 Å². The van der Waals surface area contributed by atoms with E-state index in [9.17, 15) is 5.11 Å². The fourth-order valence-corrected chi connectivity index (χ4v) is 3.22. The first kappa shape index (κ1) is 11.4. The van der Waals surface area contributed by atoms with E-state index in [2.05, 4.69) is 4.90 Å². The Morgan fingerprint density at radius 3 is 2.27 bits per heavy atom. The van der Waals surface area contributed by atoms with Crippen molar-refractivity contribution in [3.8, 4) is 0 Å². The van der Waals surface area contributed by atoms with Crippen molar-refractivity contribution in [2.45, 2.75) is 58.0 Å². The zero-order valence-corrected chi connectivity index (χ0v) is 10.0. The Morgan fingerprint density at radius 1 is 1.13 bits per heavy atom. The van der Waals surface area contributed by atoms with Crippen molar-refractivity contribution in [2.75, 3.05) is 19.6 Å². The van der Waals surface area contributed by atoms with Gasteiger partial charge in [-0.1, -0.05) is 25.7 Å². The molecule has 2 heteroatoms. The normalized spacial score (nSPS) is 28.4. The summed E-state index contributed by atoms with van der Waals surface area (Å²) in [6.07, 6.45) is 9.53. The van der Waals surface area contributed by atoms with Crippen LogP contribution in [0.5, 0.6) is 0 Å². The second-order valence-electron chi connectivity index (χ2n) is 5.76. The first-order chi connectivity index (χ1) is 7.20. The summed E-state index contributed by atoms with van der Waals surface area (Å²) in [6.45, 7) is 5.60. The smallest absolute Gasteiger partial charge is 0.0524 e. The maximum Gasteiger partial charge on any atom is 0.0524 e. The third-order valence-electron chi connectivity index (χ3n) is 4.15. The zero-order chi connectivity index (χ0) is 10.7. The molecule has 15 heavy (non-hydrogen) atoms. The van der Waals surface area contributed by atoms with Crippen molar-refractivity contribution < 1.29 is 5.11 Å². The van der Waals surface area contributed by atoms with Gasteiger partial charge in [-0.05, 0) is 31.6 Å². The molecule has 1 spiro atoms. The van der Waals surface area contributed by atoms with Gasteiger partial charge in [0.2, 0.25) is 0 Å². The number of hydrogen-bond donors (Lipinski definition) is 1. The van der Waals surface area contributed by atoms with Crippen LogP contribution in [0.3, 0.4) is 0 Å². The Bertz CT molecular complexity index is 187. The topological polar surface area (TPSA) is 23.5 Å². The van der Waals surface area contributed by atoms with Crippen molar-refractivity contribution in [3.63, 3.8) is 0 Å². The van der Waals surface area contributed by atoms with Crippen LogP contribution in [0.2, 0.25) is 0 Å². The molecule has 88 valence electrons. The third-order valence-corrected chi connectivity index (χ3v) is 4.15. The van der Waals surface area contributed by atoms with Gasteiger partial charge in [-0.3, -0.25) is 0 Å². The molecule has 2 nitrogen and oxygen atoms in total. The fourth-order valence-electron chi connectivity index (χ4n) is 3.22. The molecule has 0 bridgehead atoms. The minimum absolute atomic E-state index is 0.129. The van der Waals surface area contributed by atoms with Gasteiger partial charge in [0, 0.05) is 19.6 Å². The molecular weight excluding hydrogens is 186 g/mol. The van der Waals surface area contributed by atoms with Gasteiger partial charge in [0.15, 0.2) is 0 Å². The van der Waals surface area contributed by atoms with Gasteiger partial charge in [0.1, 0.15) is 0 Å². The fraction of sp³-hybridized carbons (Fsp3) is 1.00. The van der Waals surface area contributed by atoms with Gasteiger partial charge in [0.05, 0.1) is 6.10 Å². The lowest BCUT2D eigenvalue weighted by Gasteiger charge is -2.50. The lowest BCUT2D eigenvalue weighted by molar-refractivity contribution is -0.0184. The summed E-state index contributed by atoms with van der Waals surface area (Å²) in [7, 11) is 0. The van der Waals surface area contributed by atoms with Crippen molar-refractivity contribution >= 4 is 0 Å². The molecule has 1 heterocycles. The Hall–Kier alpha value is -0.0800. The lowest BCUT2D eigenvalue weighted by Crippen LogP contribution is -2.56. The number of aliphatic hydroxyl groups is 1. The highest BCUT2D eigenvalue weighted by Crippen LogP contribution is 2.42. The summed E-state index contributed by atoms with van der Waals surface area (Å²) in [5, 5.41) is 9.24. The largest absolute Gasteiger partial charge is 0.393 e. The van der Waals surface area contributed by atoms with Crippen LogP contribution in [0.25, 0.3) is 0 Å². The highest BCUT2D eigenvalue weighted by atomic mass is 16.3. The molecule has 1 aliphatic carbocycles. The molecule has 0 aromatic rings. The van der Waals surface area contributed by atoms with Crippen LogP contribution in [0, 0.1) is 5.41 Å². The minimum Gasteiger partial charge on any atom is -0.393 e. The van der Waals surface area contributed by atoms with Gasteiger partial charge in [0.25, 0.3) is 0 Å². The van der Waals surface area contributed by atoms with E-state index in [-0.39, 0.29) is 6.10 Å². The summed E-state index contributed by atoms with van der Waals surface area (Å²) in [6, 6.07) is 0. The van der Waals surface area contributed by atoms with E-state index in [1.54, 1.807) is 0 Å². The predicted octanol–water partition coefficient (Wildman–Crippen LogP) is 2.41. The Balaban J connectivity index is 1.70. The number of nitrogens with zero attached hydrogens (tertiary/aromatic N) is 1. The monoisotopic (exact) mass is 211 g/mol. The van der Waals surface area contributed by atoms with Gasteiger partial charge >= 0.3 is 0 Å². The summed E-state index contributed by atoms with van der Waals surface area (Å²) in [5.74, 6) is 0. The second-order valence-corrected chi connectivity index (χ2v) is 5.76. The van der Waals surface area contributed by atoms with Gasteiger partial charge in [-0.25, -0.2) is 0 Å². The van der Waals surface area contributed by atoms with Crippen LogP contribution in [-0.4, -0.2) is 35.7 Å². The van der Waals surface area contributed by atoms with Crippen LogP contribution < -0.4 is 0 Å². The quantitative estimate of drug-likeness (QED) is 0.775. The molecule has 0 aromatic heterocycles. The maximum absolute atomic E-state index is 9.24. The highest BCUT2D eigenvalue weighted by Gasteiger charge is 2.41. The second kappa shape index (κ2) is 4.84. The molecule has 0 aromatic carbocycles. The molecule has 1 saturated heterocycles. The lowest BCUT2D eigenvalue weighted by atomic mass is 9.73. The molecule has 2 rings (SSSR count). The minimum atomic E-state index is -0.129. The van der Waals surface area contributed by atoms with E-state index in [1.165, 1.54) is 51.6 Å². The van der Waals surface area contributed by atoms with Crippen LogP contribution in [-0.2, 0) is 0 Å². The number of aliphatic hydroxyl groups excluding tert-OH is 1. The molecule has 1 unspecified atom stereocenters. The predicted molar refractivity (Wildman–Crippen MR) is 62.9 cm³/mol. The van der Waals surface area contributed by atoms with E-state index in [1.807, 2.05) is 6.92 Å². The Kier molecular flexibility index (Phi) is 3.68. The molecule has 1 aliphatic heterocycles. The first-order valence-electron chi connectivity index (χ1n) is 6.61. The van der Waals surface area contributed by atoms with E-state index in [0.29, 0.717) is 5.41 Å². The molecule has 0 radical (unpaired) electrons. The van der Waals surface area contributed by atoms with E-state index in [4.69, 9.17) is 0 Å². The van der Waals surface area contributed by atoms with E-state index in [0.717, 1.165) is 13.0 Å². The van der Waals surface area contributed by atoms with E-state index < -0.39 is 0 Å². The molecule has 2 aliphatic rings. The third kappa shape index (κ3) is 2.94. The number of hydrogen-bond acceptors (Lipinski definition) is 2. The average Bonchev–Trinajstić information content (AvgIpc) is 2.37. The average molecular weight is 211 g/mol. The van der Waals surface area contributed by atoms with Crippen molar-refractivity contribution in [1.29, 1.82) is 0 Å². The number of rotatable bonds is 3. The number of likely N-dealkylation sites (tertiary alicyclic amines) is 1. The van der Waals surface area contributed by atoms with E-state index >= 15 is 0 Å². The molecule has 1 saturated carbocycles. The standard InChI is InChI=1S/C13H25NO/c1-12(15)6-9-14-10-13(11-14)7-4-2-3-5-8-13/h12,15H,2-11H2,1H3. The van der Waals surface area contributed by atoms with Crippen LogP contribution in [0.4, 0.5) is 0 Å². The first-order valence-corrected chi connectivity index (χ1v) is 6.61. The van der Waals surface area contributed by atoms with Gasteiger partial charge < -0.3 is 10.0 Å². The van der Waals surface area contributed by atoms with Crippen molar-refractivity contribution in [2.24, 2.45) is 5.41 Å². The van der Waals surface area contributed by atoms with Crippen LogP contribution in [0.1, 0.15) is 51.9 Å². The Morgan fingerprint density at radius 2 is 1.73 bits per heavy atom. The van der Waals surface area contributed by atoms with Crippen LogP contribution >= 0.6 is 0 Å². The molecule has 1 atom stereocenters. The van der Waals surface area contributed by atoms with Crippen molar-refractivity contribution in [3.05, 3.63) is 0 Å². The summed E-state index contributed by atoms with van der Waals surface area (Å²) < 4.78 is 0. The SMILES string of the molecule is CC(O)CCN1CC2(CCCCCC2)C1. The summed E-state index contributed by atoms with van der Waals surface area (Å²) in [4.78, 5) is 2.53.